The Bertz CT molecular complexity index is 321. The summed E-state index contributed by atoms with van der Waals surface area (Å²) in [6.45, 7) is 8.15. The van der Waals surface area contributed by atoms with Crippen molar-refractivity contribution >= 4 is 0 Å². The van der Waals surface area contributed by atoms with Gasteiger partial charge in [0.15, 0.2) is 0 Å². The van der Waals surface area contributed by atoms with Crippen LogP contribution in [0.15, 0.2) is 35.7 Å². The first-order valence-electron chi connectivity index (χ1n) is 4.70. The molecule has 1 saturated heterocycles. The van der Waals surface area contributed by atoms with Crippen LogP contribution in [0.1, 0.15) is 20.3 Å². The average molecular weight is 176 g/mol. The second-order valence-corrected chi connectivity index (χ2v) is 4.22. The van der Waals surface area contributed by atoms with Crippen LogP contribution in [0, 0.1) is 5.92 Å². The Hall–Kier alpha value is -1.02. The molecule has 13 heavy (non-hydrogen) atoms. The fourth-order valence-electron chi connectivity index (χ4n) is 1.91. The van der Waals surface area contributed by atoms with Gasteiger partial charge in [-0.3, -0.25) is 0 Å². The van der Waals surface area contributed by atoms with Crippen LogP contribution in [0.5, 0.6) is 0 Å². The van der Waals surface area contributed by atoms with Crippen LogP contribution >= 0.6 is 0 Å². The van der Waals surface area contributed by atoms with Crippen molar-refractivity contribution < 1.29 is 0 Å². The van der Waals surface area contributed by atoms with Crippen LogP contribution in [0.4, 0.5) is 0 Å². The number of fused-ring (bicyclic) bond motifs is 1. The minimum absolute atomic E-state index is 0.383. The lowest BCUT2D eigenvalue weighted by Crippen LogP contribution is -2.37. The van der Waals surface area contributed by atoms with Crippen molar-refractivity contribution in [1.82, 2.24) is 5.32 Å². The molecule has 2 heteroatoms. The van der Waals surface area contributed by atoms with Gasteiger partial charge in [0.05, 0.1) is 5.54 Å². The van der Waals surface area contributed by atoms with E-state index in [2.05, 4.69) is 31.0 Å². The van der Waals surface area contributed by atoms with Gasteiger partial charge in [-0.25, -0.2) is 0 Å². The second-order valence-electron chi connectivity index (χ2n) is 4.22. The van der Waals surface area contributed by atoms with Gasteiger partial charge in [-0.15, -0.1) is 0 Å². The molecule has 1 heterocycles. The average Bonchev–Trinajstić information content (AvgIpc) is 2.23. The molecule has 0 aromatic heterocycles. The Balaban J connectivity index is 2.44. The molecule has 1 aliphatic carbocycles. The largest absolute Gasteiger partial charge is 0.358 e. The van der Waals surface area contributed by atoms with E-state index in [1.165, 1.54) is 5.57 Å². The van der Waals surface area contributed by atoms with E-state index in [9.17, 15) is 0 Å². The number of hydrogen-bond acceptors (Lipinski definition) is 2. The molecule has 70 valence electrons. The summed E-state index contributed by atoms with van der Waals surface area (Å²) in [5, 5.41) is 3.25. The summed E-state index contributed by atoms with van der Waals surface area (Å²) in [5.74, 6) is 0.605. The lowest BCUT2D eigenvalue weighted by Gasteiger charge is -2.22. The van der Waals surface area contributed by atoms with E-state index >= 15 is 0 Å². The zero-order valence-electron chi connectivity index (χ0n) is 8.22. The molecule has 1 aliphatic heterocycles. The number of nitrogens with one attached hydrogen (secondary N) is 1. The van der Waals surface area contributed by atoms with E-state index in [1.54, 1.807) is 0 Å². The minimum Gasteiger partial charge on any atom is -0.358 e. The van der Waals surface area contributed by atoms with Crippen molar-refractivity contribution in [2.24, 2.45) is 11.7 Å². The van der Waals surface area contributed by atoms with Crippen molar-refractivity contribution in [3.63, 3.8) is 0 Å². The fraction of sp³-hybridized carbons (Fsp3) is 0.455. The number of allylic oxidation sites excluding steroid dienone is 2. The summed E-state index contributed by atoms with van der Waals surface area (Å²) in [6.07, 6.45) is 5.55. The van der Waals surface area contributed by atoms with Crippen LogP contribution in [-0.2, 0) is 0 Å². The monoisotopic (exact) mass is 176 g/mol. The minimum atomic E-state index is -0.383. The highest BCUT2D eigenvalue weighted by Gasteiger charge is 2.37. The molecular weight excluding hydrogens is 160 g/mol. The third-order valence-corrected chi connectivity index (χ3v) is 2.91. The first-order valence-corrected chi connectivity index (χ1v) is 4.70. The Morgan fingerprint density at radius 2 is 2.38 bits per heavy atom. The Kier molecular flexibility index (Phi) is 1.64. The third-order valence-electron chi connectivity index (χ3n) is 2.91. The van der Waals surface area contributed by atoms with Crippen LogP contribution in [0.3, 0.4) is 0 Å². The molecule has 2 aliphatic rings. The molecule has 2 rings (SSSR count). The molecule has 2 nitrogen and oxygen atoms in total. The Morgan fingerprint density at radius 1 is 1.69 bits per heavy atom. The predicted octanol–water partition coefficient (Wildman–Crippen LogP) is 1.67. The highest BCUT2D eigenvalue weighted by Crippen LogP contribution is 2.37. The van der Waals surface area contributed by atoms with E-state index in [4.69, 9.17) is 5.73 Å². The van der Waals surface area contributed by atoms with Gasteiger partial charge in [0.2, 0.25) is 0 Å². The molecule has 0 bridgehead atoms. The highest BCUT2D eigenvalue weighted by atomic mass is 15.0. The van der Waals surface area contributed by atoms with Crippen LogP contribution in [0.25, 0.3) is 0 Å². The van der Waals surface area contributed by atoms with Gasteiger partial charge < -0.3 is 11.1 Å². The normalized spacial score (nSPS) is 37.8. The van der Waals surface area contributed by atoms with Crippen molar-refractivity contribution in [3.05, 3.63) is 35.7 Å². The SMILES string of the molecule is C=C1NC2=CC(C)CC=C2C1(C)N. The topological polar surface area (TPSA) is 38.0 Å². The van der Waals surface area contributed by atoms with Gasteiger partial charge in [0.1, 0.15) is 0 Å². The Morgan fingerprint density at radius 3 is 3.08 bits per heavy atom. The van der Waals surface area contributed by atoms with E-state index in [1.807, 2.05) is 6.92 Å². The second kappa shape index (κ2) is 2.48. The smallest absolute Gasteiger partial charge is 0.0799 e. The maximum Gasteiger partial charge on any atom is 0.0799 e. The molecule has 0 saturated carbocycles. The van der Waals surface area contributed by atoms with E-state index < -0.39 is 0 Å². The fourth-order valence-corrected chi connectivity index (χ4v) is 1.91. The first kappa shape index (κ1) is 8.57. The van der Waals surface area contributed by atoms with Gasteiger partial charge in [0.25, 0.3) is 0 Å². The van der Waals surface area contributed by atoms with Gasteiger partial charge in [-0.2, -0.15) is 0 Å². The molecule has 0 spiro atoms. The summed E-state index contributed by atoms with van der Waals surface area (Å²) in [6, 6.07) is 0. The van der Waals surface area contributed by atoms with Crippen LogP contribution < -0.4 is 11.1 Å². The molecular formula is C11H16N2. The third kappa shape index (κ3) is 1.13. The van der Waals surface area contributed by atoms with Crippen LogP contribution in [-0.4, -0.2) is 5.54 Å². The summed E-state index contributed by atoms with van der Waals surface area (Å²) in [4.78, 5) is 0. The van der Waals surface area contributed by atoms with E-state index in [0.717, 1.165) is 17.8 Å². The van der Waals surface area contributed by atoms with Crippen LogP contribution in [0.2, 0.25) is 0 Å². The lowest BCUT2D eigenvalue weighted by atomic mass is 9.86. The van der Waals surface area contributed by atoms with E-state index in [-0.39, 0.29) is 5.54 Å². The quantitative estimate of drug-likeness (QED) is 0.589. The molecule has 0 radical (unpaired) electrons. The molecule has 1 fully saturated rings. The number of hydrogen-bond donors (Lipinski definition) is 2. The van der Waals surface area contributed by atoms with Gasteiger partial charge in [0, 0.05) is 11.4 Å². The predicted molar refractivity (Wildman–Crippen MR) is 54.8 cm³/mol. The van der Waals surface area contributed by atoms with Crippen molar-refractivity contribution in [3.8, 4) is 0 Å². The first-order chi connectivity index (χ1) is 6.01. The zero-order chi connectivity index (χ0) is 9.64. The number of rotatable bonds is 0. The van der Waals surface area contributed by atoms with E-state index in [0.29, 0.717) is 5.92 Å². The summed E-state index contributed by atoms with van der Waals surface area (Å²) in [5.41, 5.74) is 9.03. The highest BCUT2D eigenvalue weighted by molar-refractivity contribution is 5.53. The summed E-state index contributed by atoms with van der Waals surface area (Å²) < 4.78 is 0. The van der Waals surface area contributed by atoms with Crippen molar-refractivity contribution in [2.45, 2.75) is 25.8 Å². The molecule has 0 aromatic rings. The van der Waals surface area contributed by atoms with Crippen molar-refractivity contribution in [2.75, 3.05) is 0 Å². The van der Waals surface area contributed by atoms with Crippen molar-refractivity contribution in [1.29, 1.82) is 0 Å². The molecule has 0 aromatic carbocycles. The number of nitrogens with two attached hydrogens (primary N) is 1. The molecule has 2 atom stereocenters. The molecule has 3 N–H and O–H groups in total. The standard InChI is InChI=1S/C11H16N2/c1-7-4-5-9-10(6-7)13-8(2)11(9,3)12/h5-7,13H,2,4,12H2,1,3H3. The molecule has 0 amide bonds. The van der Waals surface area contributed by atoms with Gasteiger partial charge in [-0.1, -0.05) is 25.7 Å². The van der Waals surface area contributed by atoms with Gasteiger partial charge >= 0.3 is 0 Å². The molecule has 2 unspecified atom stereocenters. The maximum atomic E-state index is 6.15. The maximum absolute atomic E-state index is 6.15. The Labute approximate surface area is 79.2 Å². The van der Waals surface area contributed by atoms with Gasteiger partial charge in [-0.05, 0) is 24.8 Å². The lowest BCUT2D eigenvalue weighted by molar-refractivity contribution is 0.656. The summed E-state index contributed by atoms with van der Waals surface area (Å²) in [7, 11) is 0. The summed E-state index contributed by atoms with van der Waals surface area (Å²) >= 11 is 0. The zero-order valence-corrected chi connectivity index (χ0v) is 8.22.